The van der Waals surface area contributed by atoms with Gasteiger partial charge in [-0.2, -0.15) is 4.68 Å². The first-order valence-electron chi connectivity index (χ1n) is 7.90. The predicted octanol–water partition coefficient (Wildman–Crippen LogP) is 1.66. The molecule has 0 saturated heterocycles. The second kappa shape index (κ2) is 7.20. The Morgan fingerprint density at radius 3 is 2.46 bits per heavy atom. The van der Waals surface area contributed by atoms with Crippen LogP contribution in [0.15, 0.2) is 35.6 Å². The number of benzene rings is 1. The lowest BCUT2D eigenvalue weighted by Crippen LogP contribution is -2.36. The average Bonchev–Trinajstić information content (AvgIpc) is 3.04. The molecule has 3 rings (SSSR count). The van der Waals surface area contributed by atoms with Crippen LogP contribution in [0.25, 0.3) is 16.9 Å². The molecule has 134 valence electrons. The Morgan fingerprint density at radius 2 is 1.85 bits per heavy atom. The molecule has 0 radical (unpaired) electrons. The van der Waals surface area contributed by atoms with E-state index in [9.17, 15) is 9.59 Å². The van der Waals surface area contributed by atoms with E-state index in [4.69, 9.17) is 0 Å². The number of carbonyl (C=O) groups excluding carboxylic acids is 2. The number of carbonyl (C=O) groups is 2. The van der Waals surface area contributed by atoms with Crippen LogP contribution in [0.4, 0.5) is 0 Å². The second-order valence-electron chi connectivity index (χ2n) is 6.03. The van der Waals surface area contributed by atoms with E-state index in [0.717, 1.165) is 23.0 Å². The van der Waals surface area contributed by atoms with Crippen LogP contribution in [0.5, 0.6) is 0 Å². The Kier molecular flexibility index (Phi) is 4.99. The molecule has 3 aromatic rings. The molecular weight excluding hydrogens is 352 g/mol. The van der Waals surface area contributed by atoms with Crippen LogP contribution >= 0.6 is 11.8 Å². The maximum Gasteiger partial charge on any atom is 0.243 e. The number of aryl methyl sites for hydroxylation is 1. The van der Waals surface area contributed by atoms with Crippen molar-refractivity contribution in [1.29, 1.82) is 0 Å². The molecule has 0 bridgehead atoms. The van der Waals surface area contributed by atoms with E-state index < -0.39 is 5.25 Å². The molecule has 9 heteroatoms. The van der Waals surface area contributed by atoms with Crippen LogP contribution in [0.2, 0.25) is 0 Å². The second-order valence-corrected chi connectivity index (χ2v) is 7.12. The number of hydrogen-bond acceptors (Lipinski definition) is 7. The van der Waals surface area contributed by atoms with Crippen LogP contribution in [0.1, 0.15) is 12.5 Å². The number of thioether (sulfide) groups is 1. The summed E-state index contributed by atoms with van der Waals surface area (Å²) in [6.07, 6.45) is 1.38. The van der Waals surface area contributed by atoms with Crippen LogP contribution < -0.4 is 0 Å². The first kappa shape index (κ1) is 18.0. The van der Waals surface area contributed by atoms with Gasteiger partial charge in [0.2, 0.25) is 5.91 Å². The Balaban J connectivity index is 2.02. The van der Waals surface area contributed by atoms with Crippen molar-refractivity contribution in [2.75, 3.05) is 14.1 Å². The van der Waals surface area contributed by atoms with E-state index in [1.807, 2.05) is 31.2 Å². The molecule has 0 fully saturated rings. The van der Waals surface area contributed by atoms with Gasteiger partial charge in [0.25, 0.3) is 0 Å². The summed E-state index contributed by atoms with van der Waals surface area (Å²) in [5.41, 5.74) is 2.93. The van der Waals surface area contributed by atoms with Gasteiger partial charge in [-0.15, -0.1) is 5.10 Å². The smallest absolute Gasteiger partial charge is 0.243 e. The maximum absolute atomic E-state index is 12.3. The molecule has 1 atom stereocenters. The Morgan fingerprint density at radius 1 is 1.15 bits per heavy atom. The molecule has 1 aromatic carbocycles. The summed E-state index contributed by atoms with van der Waals surface area (Å²) >= 11 is 1.07. The minimum absolute atomic E-state index is 0.244. The van der Waals surface area contributed by atoms with E-state index in [0.29, 0.717) is 16.2 Å². The molecule has 1 amide bonds. The molecule has 0 spiro atoms. The van der Waals surface area contributed by atoms with Gasteiger partial charge in [0.1, 0.15) is 16.6 Å². The lowest BCUT2D eigenvalue weighted by molar-refractivity contribution is -0.132. The van der Waals surface area contributed by atoms with E-state index in [2.05, 4.69) is 20.3 Å². The van der Waals surface area contributed by atoms with E-state index in [-0.39, 0.29) is 11.7 Å². The van der Waals surface area contributed by atoms with Crippen molar-refractivity contribution in [3.63, 3.8) is 0 Å². The average molecular weight is 370 g/mol. The number of amides is 1. The highest BCUT2D eigenvalue weighted by Gasteiger charge is 2.28. The maximum atomic E-state index is 12.3. The van der Waals surface area contributed by atoms with Crippen LogP contribution in [0.3, 0.4) is 0 Å². The monoisotopic (exact) mass is 370 g/mol. The van der Waals surface area contributed by atoms with Crippen molar-refractivity contribution in [2.45, 2.75) is 24.1 Å². The zero-order valence-corrected chi connectivity index (χ0v) is 15.7. The molecule has 0 aliphatic carbocycles. The minimum atomic E-state index is -0.882. The van der Waals surface area contributed by atoms with E-state index in [1.54, 1.807) is 18.8 Å². The highest BCUT2D eigenvalue weighted by molar-refractivity contribution is 8.01. The van der Waals surface area contributed by atoms with Gasteiger partial charge < -0.3 is 4.90 Å². The van der Waals surface area contributed by atoms with Crippen molar-refractivity contribution >= 4 is 34.6 Å². The van der Waals surface area contributed by atoms with Gasteiger partial charge in [-0.1, -0.05) is 34.7 Å². The Bertz CT molecular complexity index is 967. The van der Waals surface area contributed by atoms with Gasteiger partial charge in [0.05, 0.1) is 5.69 Å². The van der Waals surface area contributed by atoms with Crippen molar-refractivity contribution in [2.24, 2.45) is 0 Å². The molecule has 26 heavy (non-hydrogen) atoms. The normalized spacial score (nSPS) is 12.2. The van der Waals surface area contributed by atoms with Gasteiger partial charge >= 0.3 is 0 Å². The fourth-order valence-corrected chi connectivity index (χ4v) is 3.38. The number of aromatic nitrogens is 5. The van der Waals surface area contributed by atoms with Gasteiger partial charge in [-0.3, -0.25) is 9.59 Å². The Labute approximate surface area is 154 Å². The fraction of sp³-hybridized carbons (Fsp3) is 0.294. The molecule has 1 unspecified atom stereocenters. The topological polar surface area (TPSA) is 93.9 Å². The summed E-state index contributed by atoms with van der Waals surface area (Å²) in [7, 11) is 3.23. The molecule has 0 saturated carbocycles. The summed E-state index contributed by atoms with van der Waals surface area (Å²) < 4.78 is 1.61. The molecule has 2 heterocycles. The van der Waals surface area contributed by atoms with E-state index in [1.165, 1.54) is 18.2 Å². The number of fused-ring (bicyclic) bond motifs is 1. The number of rotatable bonds is 5. The number of nitrogens with zero attached hydrogens (tertiary/aromatic N) is 6. The highest BCUT2D eigenvalue weighted by atomic mass is 32.2. The Hall–Kier alpha value is -2.81. The number of ketones is 1. The lowest BCUT2D eigenvalue weighted by atomic mass is 10.2. The molecule has 8 nitrogen and oxygen atoms in total. The van der Waals surface area contributed by atoms with Crippen molar-refractivity contribution in [3.05, 3.63) is 36.2 Å². The summed E-state index contributed by atoms with van der Waals surface area (Å²) in [5.74, 6) is -0.536. The van der Waals surface area contributed by atoms with Crippen molar-refractivity contribution in [3.8, 4) is 5.69 Å². The van der Waals surface area contributed by atoms with Crippen LogP contribution in [-0.2, 0) is 9.59 Å². The third-order valence-electron chi connectivity index (χ3n) is 3.75. The molecule has 0 aliphatic rings. The quantitative estimate of drug-likeness (QED) is 0.383. The zero-order chi connectivity index (χ0) is 18.8. The number of hydrogen-bond donors (Lipinski definition) is 0. The first-order valence-corrected chi connectivity index (χ1v) is 8.78. The highest BCUT2D eigenvalue weighted by Crippen LogP contribution is 2.28. The summed E-state index contributed by atoms with van der Waals surface area (Å²) in [4.78, 5) is 34.1. The standard InChI is InChI=1S/C17H18N6O2S/c1-10-5-7-12(8-6-10)23-15-13(20-21-23)16(19-9-18-15)26-14(11(2)24)17(25)22(3)4/h5-9,14H,1-4H3. The largest absolute Gasteiger partial charge is 0.347 e. The third-order valence-corrected chi connectivity index (χ3v) is 5.04. The van der Waals surface area contributed by atoms with Gasteiger partial charge in [0.15, 0.2) is 16.9 Å². The molecule has 0 N–H and O–H groups in total. The summed E-state index contributed by atoms with van der Waals surface area (Å²) in [6.45, 7) is 3.39. The van der Waals surface area contributed by atoms with Crippen LogP contribution in [-0.4, -0.2) is 60.9 Å². The number of Topliss-reactive ketones (excluding diaryl/α,β-unsaturated/α-hetero) is 1. The SMILES string of the molecule is CC(=O)C(Sc1ncnc2c1nnn2-c1ccc(C)cc1)C(=O)N(C)C. The fourth-order valence-electron chi connectivity index (χ4n) is 2.33. The van der Waals surface area contributed by atoms with E-state index >= 15 is 0 Å². The molecule has 2 aromatic heterocycles. The molecular formula is C17H18N6O2S. The predicted molar refractivity (Wildman–Crippen MR) is 98.2 cm³/mol. The third kappa shape index (κ3) is 3.43. The van der Waals surface area contributed by atoms with Crippen molar-refractivity contribution < 1.29 is 9.59 Å². The lowest BCUT2D eigenvalue weighted by Gasteiger charge is -2.17. The molecule has 0 aliphatic heterocycles. The van der Waals surface area contributed by atoms with Gasteiger partial charge in [0, 0.05) is 14.1 Å². The minimum Gasteiger partial charge on any atom is -0.347 e. The van der Waals surface area contributed by atoms with Gasteiger partial charge in [-0.25, -0.2) is 9.97 Å². The zero-order valence-electron chi connectivity index (χ0n) is 14.9. The van der Waals surface area contributed by atoms with Gasteiger partial charge in [-0.05, 0) is 26.0 Å². The van der Waals surface area contributed by atoms with Crippen molar-refractivity contribution in [1.82, 2.24) is 29.9 Å². The first-order chi connectivity index (χ1) is 12.4. The summed E-state index contributed by atoms with van der Waals surface area (Å²) in [6, 6.07) is 7.79. The van der Waals surface area contributed by atoms with Crippen LogP contribution in [0, 0.1) is 6.92 Å². The summed E-state index contributed by atoms with van der Waals surface area (Å²) in [5, 5.41) is 7.89.